The summed E-state index contributed by atoms with van der Waals surface area (Å²) >= 11 is 0. The molecule has 0 unspecified atom stereocenters. The smallest absolute Gasteiger partial charge is 0.261 e. The number of ether oxygens (including phenoxy) is 1. The van der Waals surface area contributed by atoms with Gasteiger partial charge in [-0.1, -0.05) is 13.3 Å². The number of piperidine rings is 1. The minimum absolute atomic E-state index is 0.101. The van der Waals surface area contributed by atoms with Crippen LogP contribution in [-0.4, -0.2) is 43.1 Å². The standard InChI is InChI=1S/C18H27FN2O2/c1-2-17(23-16-9-7-15(19)8-10-16)18(22)20-11-6-14-21-12-4-3-5-13-21/h7-10,17H,2-6,11-14H2,1H3,(H,20,22)/t17-/m0/s1. The van der Waals surface area contributed by atoms with Gasteiger partial charge >= 0.3 is 0 Å². The Hall–Kier alpha value is -1.62. The summed E-state index contributed by atoms with van der Waals surface area (Å²) in [5.74, 6) is 0.102. The predicted molar refractivity (Wildman–Crippen MR) is 89.0 cm³/mol. The Morgan fingerprint density at radius 3 is 2.61 bits per heavy atom. The number of halogens is 1. The van der Waals surface area contributed by atoms with Crippen molar-refractivity contribution in [3.05, 3.63) is 30.1 Å². The van der Waals surface area contributed by atoms with Crippen LogP contribution in [0.2, 0.25) is 0 Å². The highest BCUT2D eigenvalue weighted by atomic mass is 19.1. The lowest BCUT2D eigenvalue weighted by molar-refractivity contribution is -0.128. The van der Waals surface area contributed by atoms with Crippen LogP contribution in [0.25, 0.3) is 0 Å². The van der Waals surface area contributed by atoms with Crippen LogP contribution in [-0.2, 0) is 4.79 Å². The summed E-state index contributed by atoms with van der Waals surface area (Å²) in [7, 11) is 0. The van der Waals surface area contributed by atoms with Crippen LogP contribution < -0.4 is 10.1 Å². The van der Waals surface area contributed by atoms with Gasteiger partial charge in [-0.3, -0.25) is 4.79 Å². The number of hydrogen-bond donors (Lipinski definition) is 1. The van der Waals surface area contributed by atoms with Gasteiger partial charge in [0.1, 0.15) is 11.6 Å². The van der Waals surface area contributed by atoms with E-state index in [0.29, 0.717) is 18.7 Å². The number of carbonyl (C=O) groups excluding carboxylic acids is 1. The van der Waals surface area contributed by atoms with Crippen LogP contribution in [0.1, 0.15) is 39.0 Å². The van der Waals surface area contributed by atoms with Crippen molar-refractivity contribution in [2.24, 2.45) is 0 Å². The average molecular weight is 322 g/mol. The summed E-state index contributed by atoms with van der Waals surface area (Å²) < 4.78 is 18.5. The van der Waals surface area contributed by atoms with Crippen LogP contribution in [0.5, 0.6) is 5.75 Å². The van der Waals surface area contributed by atoms with E-state index in [1.165, 1.54) is 44.5 Å². The SMILES string of the molecule is CC[C@H](Oc1ccc(F)cc1)C(=O)NCCCN1CCCCC1. The number of nitrogens with one attached hydrogen (secondary N) is 1. The zero-order valence-electron chi connectivity index (χ0n) is 13.9. The zero-order chi connectivity index (χ0) is 16.5. The lowest BCUT2D eigenvalue weighted by Crippen LogP contribution is -2.39. The summed E-state index contributed by atoms with van der Waals surface area (Å²) in [6.07, 6.45) is 4.92. The summed E-state index contributed by atoms with van der Waals surface area (Å²) in [6.45, 7) is 5.97. The van der Waals surface area contributed by atoms with Crippen LogP contribution in [0.3, 0.4) is 0 Å². The molecule has 5 heteroatoms. The van der Waals surface area contributed by atoms with E-state index in [1.807, 2.05) is 6.92 Å². The first kappa shape index (κ1) is 17.7. The first-order valence-electron chi connectivity index (χ1n) is 8.61. The van der Waals surface area contributed by atoms with Crippen LogP contribution in [0.4, 0.5) is 4.39 Å². The molecule has 1 heterocycles. The number of benzene rings is 1. The molecule has 2 rings (SSSR count). The second-order valence-corrected chi connectivity index (χ2v) is 6.02. The third kappa shape index (κ3) is 6.18. The molecule has 1 saturated heterocycles. The van der Waals surface area contributed by atoms with E-state index < -0.39 is 6.10 Å². The van der Waals surface area contributed by atoms with Crippen molar-refractivity contribution < 1.29 is 13.9 Å². The van der Waals surface area contributed by atoms with Crippen molar-refractivity contribution in [2.45, 2.75) is 45.1 Å². The molecule has 1 aliphatic rings. The second kappa shape index (κ2) is 9.50. The third-order valence-corrected chi connectivity index (χ3v) is 4.15. The molecule has 0 bridgehead atoms. The van der Waals surface area contributed by atoms with Crippen molar-refractivity contribution in [2.75, 3.05) is 26.2 Å². The van der Waals surface area contributed by atoms with E-state index in [1.54, 1.807) is 12.1 Å². The lowest BCUT2D eigenvalue weighted by atomic mass is 10.1. The van der Waals surface area contributed by atoms with E-state index in [4.69, 9.17) is 4.74 Å². The van der Waals surface area contributed by atoms with E-state index in [-0.39, 0.29) is 11.7 Å². The largest absolute Gasteiger partial charge is 0.481 e. The van der Waals surface area contributed by atoms with Crippen LogP contribution in [0, 0.1) is 5.82 Å². The van der Waals surface area contributed by atoms with Gasteiger partial charge in [0, 0.05) is 6.54 Å². The molecule has 0 aromatic heterocycles. The Labute approximate surface area is 138 Å². The quantitative estimate of drug-likeness (QED) is 0.748. The van der Waals surface area contributed by atoms with Crippen LogP contribution >= 0.6 is 0 Å². The van der Waals surface area contributed by atoms with Gasteiger partial charge in [0.05, 0.1) is 0 Å². The topological polar surface area (TPSA) is 41.6 Å². The van der Waals surface area contributed by atoms with Gasteiger partial charge in [0.25, 0.3) is 5.91 Å². The Morgan fingerprint density at radius 1 is 1.26 bits per heavy atom. The normalized spacial score (nSPS) is 16.8. The van der Waals surface area contributed by atoms with E-state index in [2.05, 4.69) is 10.2 Å². The molecule has 1 aromatic carbocycles. The first-order valence-corrected chi connectivity index (χ1v) is 8.61. The number of nitrogens with zero attached hydrogens (tertiary/aromatic N) is 1. The number of rotatable bonds is 8. The van der Waals surface area contributed by atoms with Gasteiger partial charge in [-0.25, -0.2) is 4.39 Å². The fourth-order valence-corrected chi connectivity index (χ4v) is 2.81. The molecule has 0 aliphatic carbocycles. The summed E-state index contributed by atoms with van der Waals surface area (Å²) in [5, 5.41) is 2.94. The van der Waals surface area contributed by atoms with Gasteiger partial charge in [-0.2, -0.15) is 0 Å². The van der Waals surface area contributed by atoms with Crippen molar-refractivity contribution >= 4 is 5.91 Å². The molecule has 1 aromatic rings. The Balaban J connectivity index is 1.68. The van der Waals surface area contributed by atoms with Gasteiger partial charge in [0.2, 0.25) is 0 Å². The Morgan fingerprint density at radius 2 is 1.96 bits per heavy atom. The van der Waals surface area contributed by atoms with Gasteiger partial charge in [-0.15, -0.1) is 0 Å². The molecule has 0 radical (unpaired) electrons. The van der Waals surface area contributed by atoms with Gasteiger partial charge < -0.3 is 15.0 Å². The molecule has 1 aliphatic heterocycles. The second-order valence-electron chi connectivity index (χ2n) is 6.02. The first-order chi connectivity index (χ1) is 11.2. The average Bonchev–Trinajstić information content (AvgIpc) is 2.59. The maximum atomic E-state index is 12.9. The Kier molecular flexibility index (Phi) is 7.33. The maximum absolute atomic E-state index is 12.9. The lowest BCUT2D eigenvalue weighted by Gasteiger charge is -2.26. The number of carbonyl (C=O) groups is 1. The third-order valence-electron chi connectivity index (χ3n) is 4.15. The minimum Gasteiger partial charge on any atom is -0.481 e. The molecule has 128 valence electrons. The highest BCUT2D eigenvalue weighted by molar-refractivity contribution is 5.81. The molecule has 1 N–H and O–H groups in total. The fourth-order valence-electron chi connectivity index (χ4n) is 2.81. The zero-order valence-corrected chi connectivity index (χ0v) is 13.9. The van der Waals surface area contributed by atoms with E-state index in [0.717, 1.165) is 13.0 Å². The molecule has 0 spiro atoms. The number of amides is 1. The van der Waals surface area contributed by atoms with Crippen LogP contribution in [0.15, 0.2) is 24.3 Å². The van der Waals surface area contributed by atoms with E-state index >= 15 is 0 Å². The molecule has 23 heavy (non-hydrogen) atoms. The van der Waals surface area contributed by atoms with Crippen molar-refractivity contribution in [1.82, 2.24) is 10.2 Å². The molecule has 1 atom stereocenters. The number of hydrogen-bond acceptors (Lipinski definition) is 3. The molecule has 1 amide bonds. The molecular weight excluding hydrogens is 295 g/mol. The Bertz CT molecular complexity index is 472. The monoisotopic (exact) mass is 322 g/mol. The van der Waals surface area contributed by atoms with Crippen molar-refractivity contribution in [3.8, 4) is 5.75 Å². The summed E-state index contributed by atoms with van der Waals surface area (Å²) in [6, 6.07) is 5.75. The maximum Gasteiger partial charge on any atom is 0.261 e. The minimum atomic E-state index is -0.532. The molecule has 1 fully saturated rings. The van der Waals surface area contributed by atoms with E-state index in [9.17, 15) is 9.18 Å². The van der Waals surface area contributed by atoms with Gasteiger partial charge in [0.15, 0.2) is 6.10 Å². The summed E-state index contributed by atoms with van der Waals surface area (Å²) in [4.78, 5) is 14.6. The van der Waals surface area contributed by atoms with Crippen molar-refractivity contribution in [3.63, 3.8) is 0 Å². The van der Waals surface area contributed by atoms with Gasteiger partial charge in [-0.05, 0) is 69.6 Å². The highest BCUT2D eigenvalue weighted by Crippen LogP contribution is 2.14. The fraction of sp³-hybridized carbons (Fsp3) is 0.611. The molecular formula is C18H27FN2O2. The molecule has 0 saturated carbocycles. The van der Waals surface area contributed by atoms with Crippen molar-refractivity contribution in [1.29, 1.82) is 0 Å². The predicted octanol–water partition coefficient (Wildman–Crippen LogP) is 2.98. The summed E-state index contributed by atoms with van der Waals surface area (Å²) in [5.41, 5.74) is 0. The molecule has 4 nitrogen and oxygen atoms in total. The highest BCUT2D eigenvalue weighted by Gasteiger charge is 2.18. The number of likely N-dealkylation sites (tertiary alicyclic amines) is 1.